The van der Waals surface area contributed by atoms with Crippen molar-refractivity contribution < 1.29 is 0 Å². The number of aromatic amines is 4. The highest BCUT2D eigenvalue weighted by atomic mass is 79.9. The van der Waals surface area contributed by atoms with E-state index in [4.69, 9.17) is 0 Å². The fourth-order valence-corrected chi connectivity index (χ4v) is 5.46. The lowest BCUT2D eigenvalue weighted by molar-refractivity contribution is 0.314. The summed E-state index contributed by atoms with van der Waals surface area (Å²) in [6.45, 7) is 3.58. The predicted octanol–water partition coefficient (Wildman–Crippen LogP) is 1.17. The van der Waals surface area contributed by atoms with Crippen LogP contribution in [-0.2, 0) is 25.9 Å². The Kier molecular flexibility index (Phi) is 6.07. The number of aromatic nitrogens is 4. The summed E-state index contributed by atoms with van der Waals surface area (Å²) in [4.78, 5) is 60.4. The lowest BCUT2D eigenvalue weighted by Gasteiger charge is -2.26. The summed E-state index contributed by atoms with van der Waals surface area (Å²) in [6, 6.07) is 5.74. The Morgan fingerprint density at radius 2 is 1.23 bits per heavy atom. The second-order valence-corrected chi connectivity index (χ2v) is 10.0. The van der Waals surface area contributed by atoms with Crippen molar-refractivity contribution >= 4 is 38.0 Å². The maximum absolute atomic E-state index is 11.5. The van der Waals surface area contributed by atoms with Crippen LogP contribution < -0.4 is 22.2 Å². The summed E-state index contributed by atoms with van der Waals surface area (Å²) >= 11 is 3.53. The van der Waals surface area contributed by atoms with E-state index in [0.717, 1.165) is 65.7 Å². The first kappa shape index (κ1) is 23.5. The van der Waals surface area contributed by atoms with Gasteiger partial charge in [-0.1, -0.05) is 22.0 Å². The van der Waals surface area contributed by atoms with E-state index in [0.29, 0.717) is 11.0 Å². The fraction of sp³-hybridized carbons (Fsp3) is 0.333. The van der Waals surface area contributed by atoms with Gasteiger partial charge >= 0.3 is 22.2 Å². The molecule has 10 nitrogen and oxygen atoms in total. The van der Waals surface area contributed by atoms with Gasteiger partial charge < -0.3 is 29.7 Å². The van der Waals surface area contributed by atoms with E-state index in [1.807, 2.05) is 32.3 Å². The van der Waals surface area contributed by atoms with Crippen LogP contribution in [-0.4, -0.2) is 56.9 Å². The Bertz CT molecular complexity index is 1700. The lowest BCUT2D eigenvalue weighted by Crippen LogP contribution is -2.31. The van der Waals surface area contributed by atoms with Crippen LogP contribution in [0.4, 0.5) is 0 Å². The third kappa shape index (κ3) is 4.42. The van der Waals surface area contributed by atoms with Gasteiger partial charge in [-0.3, -0.25) is 19.2 Å². The van der Waals surface area contributed by atoms with Gasteiger partial charge in [-0.25, -0.2) is 0 Å². The van der Waals surface area contributed by atoms with Crippen LogP contribution in [0.3, 0.4) is 0 Å². The number of likely N-dealkylation sites (N-methyl/N-ethyl adjacent to an activating group) is 2. The van der Waals surface area contributed by atoms with Crippen molar-refractivity contribution in [1.29, 1.82) is 0 Å². The van der Waals surface area contributed by atoms with Gasteiger partial charge in [0.2, 0.25) is 0 Å². The van der Waals surface area contributed by atoms with Gasteiger partial charge in [0.15, 0.2) is 0 Å². The monoisotopic (exact) mass is 540 g/mol. The number of hydrogen-bond acceptors (Lipinski definition) is 6. The van der Waals surface area contributed by atoms with Crippen LogP contribution in [0.25, 0.3) is 22.1 Å². The molecule has 2 aliphatic heterocycles. The number of fused-ring (bicyclic) bond motifs is 6. The molecule has 2 aromatic heterocycles. The minimum Gasteiger partial charge on any atom is -0.316 e. The van der Waals surface area contributed by atoms with E-state index in [2.05, 4.69) is 45.7 Å². The lowest BCUT2D eigenvalue weighted by atomic mass is 9.98. The molecule has 0 bridgehead atoms. The zero-order valence-electron chi connectivity index (χ0n) is 19.4. The number of nitrogens with zero attached hydrogens (tertiary/aromatic N) is 2. The van der Waals surface area contributed by atoms with Crippen LogP contribution in [0, 0.1) is 0 Å². The Morgan fingerprint density at radius 1 is 0.686 bits per heavy atom. The molecule has 4 aromatic rings. The molecule has 0 amide bonds. The molecule has 2 aliphatic rings. The molecule has 11 heteroatoms. The van der Waals surface area contributed by atoms with Crippen molar-refractivity contribution in [2.24, 2.45) is 0 Å². The van der Waals surface area contributed by atoms with Crippen LogP contribution >= 0.6 is 15.9 Å². The number of benzene rings is 2. The van der Waals surface area contributed by atoms with Crippen molar-refractivity contribution in [2.45, 2.75) is 25.9 Å². The Balaban J connectivity index is 0.000000145. The van der Waals surface area contributed by atoms with E-state index in [1.165, 1.54) is 11.1 Å². The number of rotatable bonds is 0. The average Bonchev–Trinajstić information content (AvgIpc) is 2.82. The topological polar surface area (TPSA) is 138 Å². The SMILES string of the molecule is CN1CCc2c(Br)cc3[nH]c(=O)c(=O)[nH]c3c2C1.CN1CCc2ccc3[nH]c(=O)c(=O)[nH]c3c2C1. The van der Waals surface area contributed by atoms with E-state index in [9.17, 15) is 19.2 Å². The Hall–Kier alpha value is -3.28. The first-order chi connectivity index (χ1) is 16.7. The quantitative estimate of drug-likeness (QED) is 0.247. The summed E-state index contributed by atoms with van der Waals surface area (Å²) in [5, 5.41) is 0. The molecule has 182 valence electrons. The van der Waals surface area contributed by atoms with Gasteiger partial charge in [-0.15, -0.1) is 0 Å². The summed E-state index contributed by atoms with van der Waals surface area (Å²) in [6.07, 6.45) is 1.91. The molecule has 0 fully saturated rings. The van der Waals surface area contributed by atoms with Gasteiger partial charge in [0.1, 0.15) is 0 Å². The predicted molar refractivity (Wildman–Crippen MR) is 138 cm³/mol. The molecule has 0 unspecified atom stereocenters. The van der Waals surface area contributed by atoms with E-state index >= 15 is 0 Å². The highest BCUT2D eigenvalue weighted by Gasteiger charge is 2.20. The molecule has 0 saturated heterocycles. The summed E-state index contributed by atoms with van der Waals surface area (Å²) in [5.41, 5.74) is 5.14. The van der Waals surface area contributed by atoms with Crippen LogP contribution in [0.1, 0.15) is 22.3 Å². The molecule has 4 heterocycles. The minimum atomic E-state index is -0.612. The maximum atomic E-state index is 11.5. The maximum Gasteiger partial charge on any atom is 0.314 e. The first-order valence-electron chi connectivity index (χ1n) is 11.3. The van der Waals surface area contributed by atoms with Crippen molar-refractivity contribution in [1.82, 2.24) is 29.7 Å². The third-order valence-electron chi connectivity index (χ3n) is 6.65. The van der Waals surface area contributed by atoms with Gasteiger partial charge in [0, 0.05) is 30.7 Å². The zero-order valence-corrected chi connectivity index (χ0v) is 21.0. The third-order valence-corrected chi connectivity index (χ3v) is 7.36. The van der Waals surface area contributed by atoms with Gasteiger partial charge in [-0.05, 0) is 61.3 Å². The van der Waals surface area contributed by atoms with Crippen molar-refractivity contribution in [3.05, 3.63) is 86.3 Å². The summed E-state index contributed by atoms with van der Waals surface area (Å²) < 4.78 is 0.987. The largest absolute Gasteiger partial charge is 0.316 e. The summed E-state index contributed by atoms with van der Waals surface area (Å²) in [5.74, 6) is 0. The molecule has 0 saturated carbocycles. The second-order valence-electron chi connectivity index (χ2n) is 9.16. The highest BCUT2D eigenvalue weighted by Crippen LogP contribution is 2.30. The van der Waals surface area contributed by atoms with E-state index < -0.39 is 22.2 Å². The molecule has 4 N–H and O–H groups in total. The number of halogens is 1. The number of H-pyrrole nitrogens is 4. The Labute approximate surface area is 207 Å². The normalized spacial score (nSPS) is 16.0. The van der Waals surface area contributed by atoms with Crippen molar-refractivity contribution in [2.75, 3.05) is 27.2 Å². The average molecular weight is 541 g/mol. The second kappa shape index (κ2) is 9.06. The van der Waals surface area contributed by atoms with Crippen LogP contribution in [0.15, 0.2) is 41.8 Å². The zero-order chi connectivity index (χ0) is 24.9. The standard InChI is InChI=1S/C12H12BrN3O2.C12H13N3O2/c1-16-3-2-6-7(5-16)10-9(4-8(6)13)14-11(17)12(18)15-10;1-15-5-4-7-2-3-9-10(8(7)6-15)14-12(17)11(16)13-9/h4H,2-3,5H2,1H3,(H,14,17)(H,15,18);2-3H,4-6H2,1H3,(H,13,16)(H,14,17). The molecule has 0 aliphatic carbocycles. The number of hydrogen-bond donors (Lipinski definition) is 4. The van der Waals surface area contributed by atoms with E-state index in [-0.39, 0.29) is 0 Å². The van der Waals surface area contributed by atoms with Gasteiger partial charge in [0.05, 0.1) is 22.1 Å². The minimum absolute atomic E-state index is 0.584. The van der Waals surface area contributed by atoms with Crippen LogP contribution in [0.2, 0.25) is 0 Å². The Morgan fingerprint density at radius 3 is 1.91 bits per heavy atom. The molecule has 0 radical (unpaired) electrons. The molecular formula is C24H25BrN6O4. The number of nitrogens with one attached hydrogen (secondary N) is 4. The van der Waals surface area contributed by atoms with E-state index in [1.54, 1.807) is 0 Å². The molecule has 35 heavy (non-hydrogen) atoms. The molecular weight excluding hydrogens is 516 g/mol. The van der Waals surface area contributed by atoms with Crippen LogP contribution in [0.5, 0.6) is 0 Å². The molecule has 2 aromatic carbocycles. The molecule has 6 rings (SSSR count). The van der Waals surface area contributed by atoms with Gasteiger partial charge in [0.25, 0.3) is 0 Å². The fourth-order valence-electron chi connectivity index (χ4n) is 4.79. The molecule has 0 atom stereocenters. The highest BCUT2D eigenvalue weighted by molar-refractivity contribution is 9.10. The van der Waals surface area contributed by atoms with Gasteiger partial charge in [-0.2, -0.15) is 0 Å². The van der Waals surface area contributed by atoms with Crippen molar-refractivity contribution in [3.8, 4) is 0 Å². The first-order valence-corrected chi connectivity index (χ1v) is 12.1. The molecule has 0 spiro atoms. The summed E-state index contributed by atoms with van der Waals surface area (Å²) in [7, 11) is 4.09. The smallest absolute Gasteiger partial charge is 0.314 e. The van der Waals surface area contributed by atoms with Crippen molar-refractivity contribution in [3.63, 3.8) is 0 Å².